The van der Waals surface area contributed by atoms with Crippen molar-refractivity contribution in [3.8, 4) is 0 Å². The number of hydrogen-bond donors (Lipinski definition) is 1. The number of halogens is 1. The molecule has 5 heteroatoms. The number of benzene rings is 1. The number of aromatic nitrogens is 1. The predicted molar refractivity (Wildman–Crippen MR) is 92.9 cm³/mol. The minimum Gasteiger partial charge on any atom is -0.347 e. The standard InChI is InChI=1S/C18H22ClN3O/c1-21-16-4-2-12(18(23)22-8-6-20-7-9-22)10-14(16)15-11-13(19)3-5-17(15)21/h3,5,11-12,20H,2,4,6-10H2,1H3. The van der Waals surface area contributed by atoms with Gasteiger partial charge in [0.05, 0.1) is 0 Å². The van der Waals surface area contributed by atoms with E-state index in [-0.39, 0.29) is 5.92 Å². The summed E-state index contributed by atoms with van der Waals surface area (Å²) in [4.78, 5) is 14.9. The maximum absolute atomic E-state index is 12.8. The van der Waals surface area contributed by atoms with Crippen molar-refractivity contribution in [2.75, 3.05) is 26.2 Å². The number of piperazine rings is 1. The summed E-state index contributed by atoms with van der Waals surface area (Å²) in [6.45, 7) is 3.49. The molecule has 0 saturated carbocycles. The van der Waals surface area contributed by atoms with Gasteiger partial charge in [0.25, 0.3) is 0 Å². The van der Waals surface area contributed by atoms with Gasteiger partial charge in [-0.2, -0.15) is 0 Å². The molecule has 1 amide bonds. The fraction of sp³-hybridized carbons (Fsp3) is 0.500. The largest absolute Gasteiger partial charge is 0.347 e. The molecule has 1 N–H and O–H groups in total. The molecule has 0 radical (unpaired) electrons. The van der Waals surface area contributed by atoms with E-state index in [0.29, 0.717) is 5.91 Å². The van der Waals surface area contributed by atoms with Crippen LogP contribution in [0.25, 0.3) is 10.9 Å². The molecule has 2 aromatic rings. The summed E-state index contributed by atoms with van der Waals surface area (Å²) < 4.78 is 2.27. The number of carbonyl (C=O) groups is 1. The summed E-state index contributed by atoms with van der Waals surface area (Å²) in [5.74, 6) is 0.446. The minimum absolute atomic E-state index is 0.116. The molecule has 1 unspecified atom stereocenters. The molecule has 2 aliphatic rings. The van der Waals surface area contributed by atoms with E-state index in [4.69, 9.17) is 11.6 Å². The highest BCUT2D eigenvalue weighted by Crippen LogP contribution is 2.35. The fourth-order valence-corrected chi connectivity index (χ4v) is 4.28. The average Bonchev–Trinajstić information content (AvgIpc) is 2.87. The van der Waals surface area contributed by atoms with Crippen molar-refractivity contribution in [2.45, 2.75) is 19.3 Å². The quantitative estimate of drug-likeness (QED) is 0.871. The summed E-state index contributed by atoms with van der Waals surface area (Å²) >= 11 is 6.20. The average molecular weight is 332 g/mol. The van der Waals surface area contributed by atoms with Gasteiger partial charge in [-0.1, -0.05) is 11.6 Å². The van der Waals surface area contributed by atoms with E-state index in [1.807, 2.05) is 17.0 Å². The molecule has 1 saturated heterocycles. The molecule has 4 nitrogen and oxygen atoms in total. The van der Waals surface area contributed by atoms with E-state index in [9.17, 15) is 4.79 Å². The van der Waals surface area contributed by atoms with Gasteiger partial charge in [-0.05, 0) is 43.0 Å². The van der Waals surface area contributed by atoms with Crippen molar-refractivity contribution in [3.05, 3.63) is 34.5 Å². The van der Waals surface area contributed by atoms with Crippen LogP contribution >= 0.6 is 11.6 Å². The van der Waals surface area contributed by atoms with Gasteiger partial charge >= 0.3 is 0 Å². The van der Waals surface area contributed by atoms with Crippen molar-refractivity contribution in [1.82, 2.24) is 14.8 Å². The Bertz CT molecular complexity index is 761. The van der Waals surface area contributed by atoms with Gasteiger partial charge in [0.2, 0.25) is 5.91 Å². The molecule has 1 aliphatic heterocycles. The van der Waals surface area contributed by atoms with Crippen molar-refractivity contribution in [1.29, 1.82) is 0 Å². The molecule has 23 heavy (non-hydrogen) atoms. The Balaban J connectivity index is 1.66. The maximum Gasteiger partial charge on any atom is 0.226 e. The SMILES string of the molecule is Cn1c2c(c3cc(Cl)ccc31)CC(C(=O)N1CCNCC1)CC2. The molecule has 122 valence electrons. The minimum atomic E-state index is 0.116. The summed E-state index contributed by atoms with van der Waals surface area (Å²) in [7, 11) is 2.12. The van der Waals surface area contributed by atoms with Gasteiger partial charge in [-0.3, -0.25) is 4.79 Å². The molecule has 1 aromatic heterocycles. The first-order valence-corrected chi connectivity index (χ1v) is 8.78. The summed E-state index contributed by atoms with van der Waals surface area (Å²) in [6.07, 6.45) is 2.77. The Morgan fingerprint density at radius 3 is 2.87 bits per heavy atom. The topological polar surface area (TPSA) is 37.3 Å². The number of nitrogens with zero attached hydrogens (tertiary/aromatic N) is 2. The number of fused-ring (bicyclic) bond motifs is 3. The third-order valence-corrected chi connectivity index (χ3v) is 5.59. The maximum atomic E-state index is 12.8. The van der Waals surface area contributed by atoms with Gasteiger partial charge in [-0.25, -0.2) is 0 Å². The van der Waals surface area contributed by atoms with Gasteiger partial charge in [0.1, 0.15) is 0 Å². The van der Waals surface area contributed by atoms with Crippen molar-refractivity contribution in [2.24, 2.45) is 13.0 Å². The predicted octanol–water partition coefficient (Wildman–Crippen LogP) is 2.37. The first-order chi connectivity index (χ1) is 11.1. The fourth-order valence-electron chi connectivity index (χ4n) is 4.11. The van der Waals surface area contributed by atoms with Crippen LogP contribution in [0.15, 0.2) is 18.2 Å². The Labute approximate surface area is 141 Å². The second kappa shape index (κ2) is 5.84. The summed E-state index contributed by atoms with van der Waals surface area (Å²) in [5.41, 5.74) is 3.91. The van der Waals surface area contributed by atoms with Gasteiger partial charge in [0, 0.05) is 60.8 Å². The van der Waals surface area contributed by atoms with Crippen LogP contribution in [0.4, 0.5) is 0 Å². The van der Waals surface area contributed by atoms with Crippen LogP contribution < -0.4 is 5.32 Å². The second-order valence-electron chi connectivity index (χ2n) is 6.66. The molecule has 1 atom stereocenters. The van der Waals surface area contributed by atoms with Crippen LogP contribution in [0, 0.1) is 5.92 Å². The lowest BCUT2D eigenvalue weighted by Gasteiger charge is -2.32. The highest BCUT2D eigenvalue weighted by molar-refractivity contribution is 6.31. The molecule has 0 bridgehead atoms. The van der Waals surface area contributed by atoms with Crippen molar-refractivity contribution < 1.29 is 4.79 Å². The molecule has 1 fully saturated rings. The zero-order chi connectivity index (χ0) is 16.0. The van der Waals surface area contributed by atoms with Crippen LogP contribution in [0.2, 0.25) is 5.02 Å². The molecule has 4 rings (SSSR count). The number of hydrogen-bond acceptors (Lipinski definition) is 2. The second-order valence-corrected chi connectivity index (χ2v) is 7.10. The highest BCUT2D eigenvalue weighted by Gasteiger charge is 2.31. The Hall–Kier alpha value is -1.52. The van der Waals surface area contributed by atoms with Gasteiger partial charge < -0.3 is 14.8 Å². The number of carbonyl (C=O) groups excluding carboxylic acids is 1. The van der Waals surface area contributed by atoms with Crippen LogP contribution in [0.1, 0.15) is 17.7 Å². The molecule has 0 spiro atoms. The molecule has 1 aromatic carbocycles. The van der Waals surface area contributed by atoms with Gasteiger partial charge in [-0.15, -0.1) is 0 Å². The highest BCUT2D eigenvalue weighted by atomic mass is 35.5. The molecular weight excluding hydrogens is 310 g/mol. The lowest BCUT2D eigenvalue weighted by atomic mass is 9.85. The van der Waals surface area contributed by atoms with E-state index in [0.717, 1.165) is 50.5 Å². The summed E-state index contributed by atoms with van der Waals surface area (Å²) in [5, 5.41) is 5.29. The Morgan fingerprint density at radius 2 is 2.09 bits per heavy atom. The third-order valence-electron chi connectivity index (χ3n) is 5.36. The van der Waals surface area contributed by atoms with Gasteiger partial charge in [0.15, 0.2) is 0 Å². The Kier molecular flexibility index (Phi) is 3.82. The molecular formula is C18H22ClN3O. The number of rotatable bonds is 1. The van der Waals surface area contributed by atoms with Crippen LogP contribution in [-0.2, 0) is 24.7 Å². The van der Waals surface area contributed by atoms with Crippen LogP contribution in [-0.4, -0.2) is 41.6 Å². The number of nitrogens with one attached hydrogen (secondary N) is 1. The van der Waals surface area contributed by atoms with Crippen molar-refractivity contribution >= 4 is 28.4 Å². The van der Waals surface area contributed by atoms with E-state index in [1.165, 1.54) is 22.2 Å². The monoisotopic (exact) mass is 331 g/mol. The van der Waals surface area contributed by atoms with Crippen LogP contribution in [0.3, 0.4) is 0 Å². The smallest absolute Gasteiger partial charge is 0.226 e. The molecule has 2 heterocycles. The van der Waals surface area contributed by atoms with E-state index in [2.05, 4.69) is 23.0 Å². The number of amides is 1. The van der Waals surface area contributed by atoms with Crippen molar-refractivity contribution in [3.63, 3.8) is 0 Å². The first kappa shape index (κ1) is 15.0. The lowest BCUT2D eigenvalue weighted by Crippen LogP contribution is -2.49. The third kappa shape index (κ3) is 2.54. The number of aryl methyl sites for hydroxylation is 1. The van der Waals surface area contributed by atoms with Crippen LogP contribution in [0.5, 0.6) is 0 Å². The summed E-state index contributed by atoms with van der Waals surface area (Å²) in [6, 6.07) is 6.08. The zero-order valence-electron chi connectivity index (χ0n) is 13.4. The Morgan fingerprint density at radius 1 is 1.30 bits per heavy atom. The normalized spacial score (nSPS) is 21.5. The van der Waals surface area contributed by atoms with E-state index in [1.54, 1.807) is 0 Å². The molecule has 1 aliphatic carbocycles. The van der Waals surface area contributed by atoms with E-state index >= 15 is 0 Å². The lowest BCUT2D eigenvalue weighted by molar-refractivity contribution is -0.136. The first-order valence-electron chi connectivity index (χ1n) is 8.40. The zero-order valence-corrected chi connectivity index (χ0v) is 14.2. The van der Waals surface area contributed by atoms with E-state index < -0.39 is 0 Å².